The van der Waals surface area contributed by atoms with Crippen molar-refractivity contribution < 1.29 is 4.79 Å². The molecular formula is C18H24N4O. The van der Waals surface area contributed by atoms with Gasteiger partial charge in [-0.05, 0) is 23.6 Å². The van der Waals surface area contributed by atoms with Crippen LogP contribution in [-0.4, -0.2) is 40.0 Å². The molecule has 23 heavy (non-hydrogen) atoms. The lowest BCUT2D eigenvalue weighted by Crippen LogP contribution is -2.49. The molecule has 0 saturated carbocycles. The first-order valence-corrected chi connectivity index (χ1v) is 8.17. The fraction of sp³-hybridized carbons (Fsp3) is 0.444. The smallest absolute Gasteiger partial charge is 0.254 e. The SMILES string of the molecule is CC(C)c1ccc(C(=O)N2CCNCC2c2nccn2C)cc1. The molecular weight excluding hydrogens is 288 g/mol. The molecule has 1 unspecified atom stereocenters. The molecule has 1 aromatic heterocycles. The molecule has 5 heteroatoms. The van der Waals surface area contributed by atoms with Crippen molar-refractivity contribution in [1.29, 1.82) is 0 Å². The standard InChI is InChI=1S/C18H24N4O/c1-13(2)14-4-6-15(7-5-14)18(23)22-11-8-19-12-16(22)17-20-9-10-21(17)3/h4-7,9-10,13,16,19H,8,11-12H2,1-3H3. The number of amides is 1. The van der Waals surface area contributed by atoms with Crippen molar-refractivity contribution in [2.24, 2.45) is 7.05 Å². The number of aryl methyl sites for hydroxylation is 1. The van der Waals surface area contributed by atoms with Crippen molar-refractivity contribution in [3.63, 3.8) is 0 Å². The van der Waals surface area contributed by atoms with E-state index in [0.717, 1.165) is 24.5 Å². The summed E-state index contributed by atoms with van der Waals surface area (Å²) in [5.74, 6) is 1.47. The normalized spacial score (nSPS) is 18.4. The first-order valence-electron chi connectivity index (χ1n) is 8.17. The zero-order chi connectivity index (χ0) is 16.4. The highest BCUT2D eigenvalue weighted by molar-refractivity contribution is 5.94. The number of carbonyl (C=O) groups excluding carboxylic acids is 1. The topological polar surface area (TPSA) is 50.2 Å². The highest BCUT2D eigenvalue weighted by Gasteiger charge is 2.30. The van der Waals surface area contributed by atoms with E-state index in [1.165, 1.54) is 5.56 Å². The summed E-state index contributed by atoms with van der Waals surface area (Å²) in [5, 5.41) is 3.36. The Bertz CT molecular complexity index is 675. The minimum absolute atomic E-state index is 0.0268. The summed E-state index contributed by atoms with van der Waals surface area (Å²) in [6.45, 7) is 6.56. The summed E-state index contributed by atoms with van der Waals surface area (Å²) in [6, 6.07) is 7.96. The maximum atomic E-state index is 13.0. The average Bonchev–Trinajstić information content (AvgIpc) is 3.00. The van der Waals surface area contributed by atoms with Gasteiger partial charge in [-0.3, -0.25) is 4.79 Å². The van der Waals surface area contributed by atoms with Crippen molar-refractivity contribution in [2.75, 3.05) is 19.6 Å². The molecule has 1 aliphatic rings. The van der Waals surface area contributed by atoms with Gasteiger partial charge >= 0.3 is 0 Å². The second-order valence-electron chi connectivity index (χ2n) is 6.39. The molecule has 2 aromatic rings. The predicted octanol–water partition coefficient (Wildman–Crippen LogP) is 2.33. The third kappa shape index (κ3) is 3.15. The van der Waals surface area contributed by atoms with Crippen LogP contribution in [0.2, 0.25) is 0 Å². The number of rotatable bonds is 3. The maximum Gasteiger partial charge on any atom is 0.254 e. The largest absolute Gasteiger partial charge is 0.336 e. The average molecular weight is 312 g/mol. The Kier molecular flexibility index (Phi) is 4.48. The molecule has 0 bridgehead atoms. The third-order valence-corrected chi connectivity index (χ3v) is 4.49. The van der Waals surface area contributed by atoms with Crippen LogP contribution < -0.4 is 5.32 Å². The first kappa shape index (κ1) is 15.7. The van der Waals surface area contributed by atoms with Gasteiger partial charge in [0, 0.05) is 44.6 Å². The lowest BCUT2D eigenvalue weighted by atomic mass is 10.0. The lowest BCUT2D eigenvalue weighted by Gasteiger charge is -2.35. The van der Waals surface area contributed by atoms with Crippen molar-refractivity contribution in [2.45, 2.75) is 25.8 Å². The zero-order valence-electron chi connectivity index (χ0n) is 14.0. The predicted molar refractivity (Wildman–Crippen MR) is 90.4 cm³/mol. The van der Waals surface area contributed by atoms with Crippen LogP contribution >= 0.6 is 0 Å². The number of hydrogen-bond donors (Lipinski definition) is 1. The van der Waals surface area contributed by atoms with E-state index in [9.17, 15) is 4.79 Å². The second-order valence-corrected chi connectivity index (χ2v) is 6.39. The Morgan fingerprint density at radius 2 is 2.04 bits per heavy atom. The lowest BCUT2D eigenvalue weighted by molar-refractivity contribution is 0.0621. The fourth-order valence-electron chi connectivity index (χ4n) is 3.05. The summed E-state index contributed by atoms with van der Waals surface area (Å²) >= 11 is 0. The van der Waals surface area contributed by atoms with Crippen LogP contribution in [0.5, 0.6) is 0 Å². The Balaban J connectivity index is 1.85. The van der Waals surface area contributed by atoms with Gasteiger partial charge < -0.3 is 14.8 Å². The van der Waals surface area contributed by atoms with Gasteiger partial charge in [-0.2, -0.15) is 0 Å². The van der Waals surface area contributed by atoms with E-state index in [-0.39, 0.29) is 11.9 Å². The minimum atomic E-state index is -0.0268. The summed E-state index contributed by atoms with van der Waals surface area (Å²) in [7, 11) is 1.97. The summed E-state index contributed by atoms with van der Waals surface area (Å²) in [4.78, 5) is 19.3. The first-order chi connectivity index (χ1) is 11.1. The van der Waals surface area contributed by atoms with Gasteiger partial charge in [0.1, 0.15) is 11.9 Å². The molecule has 0 aliphatic carbocycles. The highest BCUT2D eigenvalue weighted by Crippen LogP contribution is 2.23. The van der Waals surface area contributed by atoms with Crippen LogP contribution in [0, 0.1) is 0 Å². The molecule has 122 valence electrons. The molecule has 1 amide bonds. The van der Waals surface area contributed by atoms with Crippen LogP contribution in [0.15, 0.2) is 36.7 Å². The van der Waals surface area contributed by atoms with Crippen LogP contribution in [-0.2, 0) is 7.05 Å². The van der Waals surface area contributed by atoms with E-state index in [0.29, 0.717) is 12.5 Å². The van der Waals surface area contributed by atoms with Crippen LogP contribution in [0.3, 0.4) is 0 Å². The van der Waals surface area contributed by atoms with Crippen molar-refractivity contribution in [3.05, 3.63) is 53.6 Å². The highest BCUT2D eigenvalue weighted by atomic mass is 16.2. The van der Waals surface area contributed by atoms with Gasteiger partial charge in [-0.15, -0.1) is 0 Å². The quantitative estimate of drug-likeness (QED) is 0.946. The number of benzene rings is 1. The number of piperazine rings is 1. The van der Waals surface area contributed by atoms with Crippen LogP contribution in [0.25, 0.3) is 0 Å². The van der Waals surface area contributed by atoms with Gasteiger partial charge in [-0.1, -0.05) is 26.0 Å². The zero-order valence-corrected chi connectivity index (χ0v) is 14.0. The molecule has 1 aliphatic heterocycles. The van der Waals surface area contributed by atoms with Crippen molar-refractivity contribution >= 4 is 5.91 Å². The van der Waals surface area contributed by atoms with E-state index in [2.05, 4.69) is 36.3 Å². The molecule has 1 aromatic carbocycles. The number of aromatic nitrogens is 2. The molecule has 3 rings (SSSR count). The molecule has 2 heterocycles. The van der Waals surface area contributed by atoms with Crippen molar-refractivity contribution in [1.82, 2.24) is 19.8 Å². The third-order valence-electron chi connectivity index (χ3n) is 4.49. The fourth-order valence-corrected chi connectivity index (χ4v) is 3.05. The molecule has 5 nitrogen and oxygen atoms in total. The summed E-state index contributed by atoms with van der Waals surface area (Å²) < 4.78 is 1.99. The molecule has 1 saturated heterocycles. The Labute approximate surface area is 137 Å². The van der Waals surface area contributed by atoms with Crippen LogP contribution in [0.4, 0.5) is 0 Å². The molecule has 1 N–H and O–H groups in total. The van der Waals surface area contributed by atoms with E-state index in [1.54, 1.807) is 6.20 Å². The minimum Gasteiger partial charge on any atom is -0.336 e. The second kappa shape index (κ2) is 6.54. The summed E-state index contributed by atoms with van der Waals surface area (Å²) in [5.41, 5.74) is 2.00. The maximum absolute atomic E-state index is 13.0. The number of hydrogen-bond acceptors (Lipinski definition) is 3. The molecule has 0 spiro atoms. The number of imidazole rings is 1. The Hall–Kier alpha value is -2.14. The summed E-state index contributed by atoms with van der Waals surface area (Å²) in [6.07, 6.45) is 3.70. The van der Waals surface area contributed by atoms with Gasteiger partial charge in [0.2, 0.25) is 0 Å². The van der Waals surface area contributed by atoms with E-state index < -0.39 is 0 Å². The van der Waals surface area contributed by atoms with Gasteiger partial charge in [0.15, 0.2) is 0 Å². The van der Waals surface area contributed by atoms with Gasteiger partial charge in [0.05, 0.1) is 0 Å². The van der Waals surface area contributed by atoms with Gasteiger partial charge in [0.25, 0.3) is 5.91 Å². The van der Waals surface area contributed by atoms with Gasteiger partial charge in [-0.25, -0.2) is 4.98 Å². The Morgan fingerprint density at radius 1 is 1.30 bits per heavy atom. The number of carbonyl (C=O) groups is 1. The van der Waals surface area contributed by atoms with E-state index in [4.69, 9.17) is 0 Å². The van der Waals surface area contributed by atoms with Crippen LogP contribution in [0.1, 0.15) is 47.6 Å². The molecule has 1 fully saturated rings. The number of nitrogens with zero attached hydrogens (tertiary/aromatic N) is 3. The monoisotopic (exact) mass is 312 g/mol. The molecule has 1 atom stereocenters. The number of nitrogens with one attached hydrogen (secondary N) is 1. The van der Waals surface area contributed by atoms with E-state index >= 15 is 0 Å². The van der Waals surface area contributed by atoms with Crippen molar-refractivity contribution in [3.8, 4) is 0 Å². The Morgan fingerprint density at radius 3 is 2.65 bits per heavy atom. The molecule has 0 radical (unpaired) electrons. The van der Waals surface area contributed by atoms with E-state index in [1.807, 2.05) is 34.8 Å².